The van der Waals surface area contributed by atoms with E-state index >= 15 is 0 Å². The number of anilines is 1. The van der Waals surface area contributed by atoms with Gasteiger partial charge in [-0.25, -0.2) is 4.68 Å². The van der Waals surface area contributed by atoms with E-state index in [-0.39, 0.29) is 29.3 Å². The van der Waals surface area contributed by atoms with Crippen molar-refractivity contribution in [3.8, 4) is 0 Å². The molecular formula is C34H41N3O4. The SMILES string of the molecule is Cc1ccc(=O)n(Cc2ccc(C(C(=O)Nc3cccc(CC4(C(=O)OC(C)(C)C)CC4)c3)C3CCCC3)cc2)n1. The molecule has 2 saturated carbocycles. The molecule has 3 aromatic rings. The number of esters is 1. The van der Waals surface area contributed by atoms with E-state index in [1.165, 1.54) is 10.7 Å². The van der Waals surface area contributed by atoms with Crippen LogP contribution in [0.2, 0.25) is 0 Å². The maximum Gasteiger partial charge on any atom is 0.312 e. The van der Waals surface area contributed by atoms with Crippen molar-refractivity contribution in [3.05, 3.63) is 93.4 Å². The van der Waals surface area contributed by atoms with Crippen molar-refractivity contribution in [1.29, 1.82) is 0 Å². The van der Waals surface area contributed by atoms with Gasteiger partial charge in [-0.05, 0) is 101 Å². The first-order chi connectivity index (χ1) is 19.5. The predicted molar refractivity (Wildman–Crippen MR) is 160 cm³/mol. The fourth-order valence-corrected chi connectivity index (χ4v) is 5.96. The third-order valence-corrected chi connectivity index (χ3v) is 8.25. The summed E-state index contributed by atoms with van der Waals surface area (Å²) in [6.07, 6.45) is 6.59. The zero-order valence-electron chi connectivity index (χ0n) is 24.6. The summed E-state index contributed by atoms with van der Waals surface area (Å²) in [6.45, 7) is 7.94. The van der Waals surface area contributed by atoms with E-state index in [0.717, 1.165) is 66.6 Å². The molecule has 2 aliphatic carbocycles. The molecule has 0 spiro atoms. The van der Waals surface area contributed by atoms with Gasteiger partial charge in [-0.15, -0.1) is 0 Å². The summed E-state index contributed by atoms with van der Waals surface area (Å²) in [6, 6.07) is 19.1. The van der Waals surface area contributed by atoms with Crippen molar-refractivity contribution >= 4 is 17.6 Å². The van der Waals surface area contributed by atoms with Crippen LogP contribution in [0.1, 0.15) is 87.6 Å². The Bertz CT molecular complexity index is 1460. The van der Waals surface area contributed by atoms with Gasteiger partial charge >= 0.3 is 5.97 Å². The highest BCUT2D eigenvalue weighted by Crippen LogP contribution is 2.50. The summed E-state index contributed by atoms with van der Waals surface area (Å²) in [7, 11) is 0. The summed E-state index contributed by atoms with van der Waals surface area (Å²) in [5, 5.41) is 7.53. The van der Waals surface area contributed by atoms with E-state index in [0.29, 0.717) is 13.0 Å². The van der Waals surface area contributed by atoms with Gasteiger partial charge in [-0.3, -0.25) is 14.4 Å². The van der Waals surface area contributed by atoms with Crippen LogP contribution in [0.3, 0.4) is 0 Å². The second-order valence-electron chi connectivity index (χ2n) is 12.9. The monoisotopic (exact) mass is 555 g/mol. The molecule has 1 heterocycles. The van der Waals surface area contributed by atoms with Crippen molar-refractivity contribution in [2.24, 2.45) is 11.3 Å². The van der Waals surface area contributed by atoms with Crippen LogP contribution in [0.5, 0.6) is 0 Å². The summed E-state index contributed by atoms with van der Waals surface area (Å²) in [5.74, 6) is -0.113. The van der Waals surface area contributed by atoms with Crippen LogP contribution < -0.4 is 10.9 Å². The summed E-state index contributed by atoms with van der Waals surface area (Å²) in [5.41, 5.74) is 3.41. The van der Waals surface area contributed by atoms with Gasteiger partial charge in [-0.2, -0.15) is 5.10 Å². The summed E-state index contributed by atoms with van der Waals surface area (Å²) < 4.78 is 7.16. The number of carbonyl (C=O) groups excluding carboxylic acids is 2. The molecular weight excluding hydrogens is 514 g/mol. The lowest BCUT2D eigenvalue weighted by Gasteiger charge is -2.24. The summed E-state index contributed by atoms with van der Waals surface area (Å²) >= 11 is 0. The third kappa shape index (κ3) is 7.13. The van der Waals surface area contributed by atoms with Crippen LogP contribution in [0.25, 0.3) is 0 Å². The molecule has 216 valence electrons. The first kappa shape index (κ1) is 28.8. The molecule has 41 heavy (non-hydrogen) atoms. The molecule has 2 aromatic carbocycles. The van der Waals surface area contributed by atoms with Crippen LogP contribution in [0, 0.1) is 18.3 Å². The van der Waals surface area contributed by atoms with Gasteiger partial charge in [0, 0.05) is 11.8 Å². The average molecular weight is 556 g/mol. The highest BCUT2D eigenvalue weighted by Gasteiger charge is 2.52. The minimum absolute atomic E-state index is 0.00773. The maximum absolute atomic E-state index is 13.8. The predicted octanol–water partition coefficient (Wildman–Crippen LogP) is 6.18. The number of hydrogen-bond donors (Lipinski definition) is 1. The Morgan fingerprint density at radius 2 is 1.73 bits per heavy atom. The quantitative estimate of drug-likeness (QED) is 0.319. The smallest absolute Gasteiger partial charge is 0.312 e. The number of nitrogens with zero attached hydrogens (tertiary/aromatic N) is 2. The lowest BCUT2D eigenvalue weighted by molar-refractivity contribution is -0.161. The number of carbonyl (C=O) groups is 2. The van der Waals surface area contributed by atoms with Crippen LogP contribution in [-0.4, -0.2) is 27.3 Å². The molecule has 5 rings (SSSR count). The molecule has 0 bridgehead atoms. The Hall–Kier alpha value is -3.74. The van der Waals surface area contributed by atoms with E-state index in [2.05, 4.69) is 10.4 Å². The van der Waals surface area contributed by atoms with E-state index in [4.69, 9.17) is 4.74 Å². The number of aromatic nitrogens is 2. The average Bonchev–Trinajstić information content (AvgIpc) is 3.50. The van der Waals surface area contributed by atoms with Crippen molar-refractivity contribution in [3.63, 3.8) is 0 Å². The van der Waals surface area contributed by atoms with Crippen LogP contribution >= 0.6 is 0 Å². The number of aryl methyl sites for hydroxylation is 1. The number of benzene rings is 2. The van der Waals surface area contributed by atoms with Gasteiger partial charge in [0.15, 0.2) is 0 Å². The maximum atomic E-state index is 13.8. The Morgan fingerprint density at radius 3 is 2.39 bits per heavy atom. The van der Waals surface area contributed by atoms with E-state index in [1.54, 1.807) is 6.07 Å². The van der Waals surface area contributed by atoms with Gasteiger partial charge < -0.3 is 10.1 Å². The van der Waals surface area contributed by atoms with Gasteiger partial charge in [0.05, 0.1) is 23.6 Å². The molecule has 2 fully saturated rings. The highest BCUT2D eigenvalue weighted by atomic mass is 16.6. The zero-order chi connectivity index (χ0) is 29.2. The minimum atomic E-state index is -0.509. The molecule has 0 saturated heterocycles. The second kappa shape index (κ2) is 11.6. The standard InChI is InChI=1S/C34H41N3O4/c1-23-12-17-29(38)37(36-23)22-24-13-15-27(16-14-24)30(26-9-5-6-10-26)31(39)35-28-11-7-8-25(20-28)21-34(18-19-34)32(40)41-33(2,3)4/h7-8,11-17,20,26,30H,5-6,9-10,18-19,21-22H2,1-4H3,(H,35,39). The van der Waals surface area contributed by atoms with Crippen LogP contribution in [-0.2, 0) is 27.3 Å². The van der Waals surface area contributed by atoms with E-state index in [1.807, 2.05) is 76.2 Å². The van der Waals surface area contributed by atoms with Crippen molar-refractivity contribution in [2.45, 2.75) is 90.7 Å². The van der Waals surface area contributed by atoms with Crippen molar-refractivity contribution < 1.29 is 14.3 Å². The molecule has 1 atom stereocenters. The molecule has 1 aromatic heterocycles. The highest BCUT2D eigenvalue weighted by molar-refractivity contribution is 5.96. The number of ether oxygens (including phenoxy) is 1. The van der Waals surface area contributed by atoms with Crippen molar-refractivity contribution in [1.82, 2.24) is 9.78 Å². The Kier molecular flexibility index (Phi) is 8.16. The molecule has 7 heteroatoms. The van der Waals surface area contributed by atoms with E-state index in [9.17, 15) is 14.4 Å². The lowest BCUT2D eigenvalue weighted by Crippen LogP contribution is -2.30. The number of nitrogens with one attached hydrogen (secondary N) is 1. The number of amides is 1. The second-order valence-corrected chi connectivity index (χ2v) is 12.9. The Morgan fingerprint density at radius 1 is 1.02 bits per heavy atom. The Balaban J connectivity index is 1.30. The zero-order valence-corrected chi connectivity index (χ0v) is 24.6. The molecule has 0 radical (unpaired) electrons. The minimum Gasteiger partial charge on any atom is -0.460 e. The normalized spacial score (nSPS) is 17.2. The van der Waals surface area contributed by atoms with Crippen LogP contribution in [0.4, 0.5) is 5.69 Å². The molecule has 1 amide bonds. The number of rotatable bonds is 9. The van der Waals surface area contributed by atoms with Gasteiger partial charge in [0.1, 0.15) is 5.60 Å². The molecule has 0 aliphatic heterocycles. The van der Waals surface area contributed by atoms with Gasteiger partial charge in [-0.1, -0.05) is 49.2 Å². The molecule has 1 N–H and O–H groups in total. The fourth-order valence-electron chi connectivity index (χ4n) is 5.96. The fraction of sp³-hybridized carbons (Fsp3) is 0.471. The third-order valence-electron chi connectivity index (χ3n) is 8.25. The molecule has 2 aliphatic rings. The molecule has 7 nitrogen and oxygen atoms in total. The van der Waals surface area contributed by atoms with Crippen LogP contribution in [0.15, 0.2) is 65.5 Å². The first-order valence-corrected chi connectivity index (χ1v) is 14.8. The lowest BCUT2D eigenvalue weighted by atomic mass is 9.83. The number of hydrogen-bond acceptors (Lipinski definition) is 5. The molecule has 1 unspecified atom stereocenters. The first-order valence-electron chi connectivity index (χ1n) is 14.8. The van der Waals surface area contributed by atoms with Gasteiger partial charge in [0.2, 0.25) is 5.91 Å². The van der Waals surface area contributed by atoms with E-state index < -0.39 is 11.0 Å². The summed E-state index contributed by atoms with van der Waals surface area (Å²) in [4.78, 5) is 38.8. The van der Waals surface area contributed by atoms with Gasteiger partial charge in [0.25, 0.3) is 5.56 Å². The largest absolute Gasteiger partial charge is 0.460 e. The van der Waals surface area contributed by atoms with Crippen molar-refractivity contribution in [2.75, 3.05) is 5.32 Å². The topological polar surface area (TPSA) is 90.3 Å². The Labute approximate surface area is 242 Å².